The Kier molecular flexibility index (Phi) is 6.92. The number of benzene rings is 1. The first-order valence-corrected chi connectivity index (χ1v) is 8.66. The quantitative estimate of drug-likeness (QED) is 0.595. The zero-order valence-electron chi connectivity index (χ0n) is 15.6. The number of esters is 3. The van der Waals surface area contributed by atoms with E-state index in [1.807, 2.05) is 0 Å². The zero-order chi connectivity index (χ0) is 20.0. The van der Waals surface area contributed by atoms with Crippen molar-refractivity contribution in [2.24, 2.45) is 5.92 Å². The van der Waals surface area contributed by atoms with Crippen LogP contribution < -0.4 is 10.1 Å². The number of nitrogens with one attached hydrogen (secondary N) is 1. The van der Waals surface area contributed by atoms with E-state index in [4.69, 9.17) is 4.74 Å². The van der Waals surface area contributed by atoms with Gasteiger partial charge < -0.3 is 19.5 Å². The van der Waals surface area contributed by atoms with Crippen LogP contribution in [0.3, 0.4) is 0 Å². The number of amides is 1. The maximum absolute atomic E-state index is 12.7. The molecule has 1 atom stereocenters. The molecule has 0 heterocycles. The number of carbonyl (C=O) groups is 4. The summed E-state index contributed by atoms with van der Waals surface area (Å²) in [5, 5.41) is 2.64. The third kappa shape index (κ3) is 5.29. The van der Waals surface area contributed by atoms with Gasteiger partial charge in [0.05, 0.1) is 25.3 Å². The van der Waals surface area contributed by atoms with Crippen molar-refractivity contribution >= 4 is 23.8 Å². The fraction of sp³-hybridized carbons (Fsp3) is 0.474. The molecule has 2 rings (SSSR count). The highest BCUT2D eigenvalue weighted by atomic mass is 16.5. The van der Waals surface area contributed by atoms with Crippen LogP contribution in [0.5, 0.6) is 5.75 Å². The van der Waals surface area contributed by atoms with Crippen molar-refractivity contribution in [1.29, 1.82) is 0 Å². The van der Waals surface area contributed by atoms with Gasteiger partial charge in [0.2, 0.25) is 5.91 Å². The normalized spacial score (nSPS) is 14.9. The molecule has 1 unspecified atom stereocenters. The fourth-order valence-electron chi connectivity index (χ4n) is 3.19. The predicted octanol–water partition coefficient (Wildman–Crippen LogP) is 1.86. The van der Waals surface area contributed by atoms with Gasteiger partial charge in [-0.1, -0.05) is 12.8 Å². The summed E-state index contributed by atoms with van der Waals surface area (Å²) < 4.78 is 14.7. The number of rotatable bonds is 6. The molecular weight excluding hydrogens is 354 g/mol. The van der Waals surface area contributed by atoms with E-state index in [2.05, 4.69) is 14.8 Å². The maximum atomic E-state index is 12.7. The highest BCUT2D eigenvalue weighted by Gasteiger charge is 2.33. The Morgan fingerprint density at radius 3 is 1.93 bits per heavy atom. The first kappa shape index (κ1) is 20.4. The molecule has 1 saturated carbocycles. The van der Waals surface area contributed by atoms with Gasteiger partial charge >= 0.3 is 17.9 Å². The molecule has 146 valence electrons. The monoisotopic (exact) mass is 377 g/mol. The lowest BCUT2D eigenvalue weighted by Gasteiger charge is -2.22. The summed E-state index contributed by atoms with van der Waals surface area (Å²) in [6, 6.07) is 3.11. The Balaban J connectivity index is 2.29. The molecule has 1 N–H and O–H groups in total. The molecule has 0 aromatic heterocycles. The largest absolute Gasteiger partial charge is 0.465 e. The van der Waals surface area contributed by atoms with E-state index >= 15 is 0 Å². The van der Waals surface area contributed by atoms with Gasteiger partial charge in [-0.15, -0.1) is 0 Å². The molecule has 0 saturated heterocycles. The summed E-state index contributed by atoms with van der Waals surface area (Å²) >= 11 is 0. The summed E-state index contributed by atoms with van der Waals surface area (Å²) in [6.45, 7) is 1.34. The Morgan fingerprint density at radius 1 is 0.963 bits per heavy atom. The summed E-state index contributed by atoms with van der Waals surface area (Å²) in [6.07, 6.45) is 3.60. The molecule has 0 aliphatic heterocycles. The molecule has 1 aromatic rings. The number of hydrogen-bond acceptors (Lipinski definition) is 7. The van der Waals surface area contributed by atoms with Gasteiger partial charge in [-0.25, -0.2) is 14.4 Å². The average molecular weight is 377 g/mol. The van der Waals surface area contributed by atoms with E-state index in [-0.39, 0.29) is 28.7 Å². The highest BCUT2D eigenvalue weighted by molar-refractivity contribution is 5.96. The SMILES string of the molecule is COC(=O)c1cc(OC(=O)C(NC(C)=O)C2CCCC2)cc(C(=O)OC)c1. The van der Waals surface area contributed by atoms with Crippen LogP contribution in [0.15, 0.2) is 18.2 Å². The number of ether oxygens (including phenoxy) is 3. The van der Waals surface area contributed by atoms with Gasteiger partial charge in [0.25, 0.3) is 0 Å². The Morgan fingerprint density at radius 2 is 1.48 bits per heavy atom. The number of carbonyl (C=O) groups excluding carboxylic acids is 4. The topological polar surface area (TPSA) is 108 Å². The van der Waals surface area contributed by atoms with Crippen molar-refractivity contribution in [2.75, 3.05) is 14.2 Å². The minimum atomic E-state index is -0.784. The third-order valence-electron chi connectivity index (χ3n) is 4.45. The molecule has 0 radical (unpaired) electrons. The minimum absolute atomic E-state index is 0.00310. The van der Waals surface area contributed by atoms with Crippen molar-refractivity contribution < 1.29 is 33.4 Å². The van der Waals surface area contributed by atoms with Gasteiger partial charge in [-0.05, 0) is 37.0 Å². The molecule has 8 heteroatoms. The van der Waals surface area contributed by atoms with E-state index in [9.17, 15) is 19.2 Å². The average Bonchev–Trinajstić information content (AvgIpc) is 3.18. The van der Waals surface area contributed by atoms with Crippen LogP contribution in [0, 0.1) is 5.92 Å². The smallest absolute Gasteiger partial charge is 0.338 e. The molecule has 1 aromatic carbocycles. The maximum Gasteiger partial charge on any atom is 0.338 e. The van der Waals surface area contributed by atoms with Gasteiger partial charge in [0.15, 0.2) is 0 Å². The van der Waals surface area contributed by atoms with Crippen LogP contribution in [0.2, 0.25) is 0 Å². The van der Waals surface area contributed by atoms with Crippen LogP contribution in [0.25, 0.3) is 0 Å². The molecule has 27 heavy (non-hydrogen) atoms. The van der Waals surface area contributed by atoms with Crippen LogP contribution in [0.4, 0.5) is 0 Å². The van der Waals surface area contributed by atoms with E-state index in [0.717, 1.165) is 25.7 Å². The summed E-state index contributed by atoms with van der Waals surface area (Å²) in [5.41, 5.74) is 0.0836. The number of hydrogen-bond donors (Lipinski definition) is 1. The summed E-state index contributed by atoms with van der Waals surface area (Å²) in [7, 11) is 2.40. The second-order valence-electron chi connectivity index (χ2n) is 6.37. The molecule has 1 amide bonds. The van der Waals surface area contributed by atoms with Gasteiger partial charge in [0, 0.05) is 6.92 Å². The molecule has 8 nitrogen and oxygen atoms in total. The molecule has 1 aliphatic rings. The van der Waals surface area contributed by atoms with Crippen LogP contribution >= 0.6 is 0 Å². The third-order valence-corrected chi connectivity index (χ3v) is 4.45. The van der Waals surface area contributed by atoms with E-state index in [0.29, 0.717) is 0 Å². The van der Waals surface area contributed by atoms with Gasteiger partial charge in [0.1, 0.15) is 11.8 Å². The number of methoxy groups -OCH3 is 2. The second-order valence-corrected chi connectivity index (χ2v) is 6.37. The first-order valence-electron chi connectivity index (χ1n) is 8.66. The summed E-state index contributed by atoms with van der Waals surface area (Å²) in [4.78, 5) is 47.8. The first-order chi connectivity index (χ1) is 12.8. The summed E-state index contributed by atoms with van der Waals surface area (Å²) in [5.74, 6) is -2.36. The van der Waals surface area contributed by atoms with Crippen LogP contribution in [-0.2, 0) is 19.1 Å². The van der Waals surface area contributed by atoms with Crippen molar-refractivity contribution in [2.45, 2.75) is 38.6 Å². The lowest BCUT2D eigenvalue weighted by Crippen LogP contribution is -2.46. The van der Waals surface area contributed by atoms with E-state index in [1.165, 1.54) is 39.3 Å². The predicted molar refractivity (Wildman–Crippen MR) is 94.3 cm³/mol. The second kappa shape index (κ2) is 9.16. The minimum Gasteiger partial charge on any atom is -0.465 e. The van der Waals surface area contributed by atoms with Crippen molar-refractivity contribution in [1.82, 2.24) is 5.32 Å². The fourth-order valence-corrected chi connectivity index (χ4v) is 3.19. The van der Waals surface area contributed by atoms with E-state index < -0.39 is 23.9 Å². The Labute approximate surface area is 157 Å². The molecule has 0 spiro atoms. The Hall–Kier alpha value is -2.90. The molecule has 0 bridgehead atoms. The van der Waals surface area contributed by atoms with Crippen molar-refractivity contribution in [3.05, 3.63) is 29.3 Å². The van der Waals surface area contributed by atoms with Crippen molar-refractivity contribution in [3.63, 3.8) is 0 Å². The molecule has 1 fully saturated rings. The standard InChI is InChI=1S/C19H23NO7/c1-11(21)20-16(12-6-4-5-7-12)19(24)27-15-9-13(17(22)25-2)8-14(10-15)18(23)26-3/h8-10,12,16H,4-7H2,1-3H3,(H,20,21). The van der Waals surface area contributed by atoms with Crippen molar-refractivity contribution in [3.8, 4) is 5.75 Å². The van der Waals surface area contributed by atoms with E-state index in [1.54, 1.807) is 0 Å². The van der Waals surface area contributed by atoms with Crippen LogP contribution in [0.1, 0.15) is 53.3 Å². The molecule has 1 aliphatic carbocycles. The highest BCUT2D eigenvalue weighted by Crippen LogP contribution is 2.29. The van der Waals surface area contributed by atoms with Crippen LogP contribution in [-0.4, -0.2) is 44.1 Å². The van der Waals surface area contributed by atoms with Gasteiger partial charge in [-0.2, -0.15) is 0 Å². The Bertz CT molecular complexity index is 703. The zero-order valence-corrected chi connectivity index (χ0v) is 15.6. The van der Waals surface area contributed by atoms with Gasteiger partial charge in [-0.3, -0.25) is 4.79 Å². The lowest BCUT2D eigenvalue weighted by molar-refractivity contribution is -0.140. The molecular formula is C19H23NO7. The lowest BCUT2D eigenvalue weighted by atomic mass is 9.98.